The number of para-hydroxylation sites is 1. The van der Waals surface area contributed by atoms with E-state index in [4.69, 9.17) is 16.3 Å². The molecular formula is C22H25ClN2OS. The Labute approximate surface area is 170 Å². The number of rotatable bonds is 9. The Morgan fingerprint density at radius 1 is 1.11 bits per heavy atom. The van der Waals surface area contributed by atoms with Crippen LogP contribution in [-0.2, 0) is 13.0 Å². The van der Waals surface area contributed by atoms with E-state index in [0.717, 1.165) is 30.2 Å². The number of halogens is 1. The standard InChI is InChI=1S/C22H25ClN2OS/c1-17(2)26-21-5-3-4-6-22(21)27-20(15-25-14-13-24-16-25)12-9-18-7-10-19(23)11-8-18/h3-8,10-11,13-14,16-17,20H,9,12,15H2,1-2H3. The van der Waals surface area contributed by atoms with Crippen LogP contribution in [0.25, 0.3) is 0 Å². The van der Waals surface area contributed by atoms with Crippen LogP contribution in [0, 0.1) is 0 Å². The first kappa shape index (κ1) is 19.8. The molecule has 0 fully saturated rings. The summed E-state index contributed by atoms with van der Waals surface area (Å²) in [5.74, 6) is 0.958. The Kier molecular flexibility index (Phi) is 7.25. The summed E-state index contributed by atoms with van der Waals surface area (Å²) in [4.78, 5) is 5.37. The first-order valence-electron chi connectivity index (χ1n) is 9.22. The molecule has 0 radical (unpaired) electrons. The highest BCUT2D eigenvalue weighted by atomic mass is 35.5. The zero-order valence-corrected chi connectivity index (χ0v) is 17.3. The van der Waals surface area contributed by atoms with Gasteiger partial charge in [0.15, 0.2) is 0 Å². The van der Waals surface area contributed by atoms with E-state index >= 15 is 0 Å². The number of nitrogens with zero attached hydrogens (tertiary/aromatic N) is 2. The van der Waals surface area contributed by atoms with Crippen molar-refractivity contribution in [3.63, 3.8) is 0 Å². The average molecular weight is 401 g/mol. The van der Waals surface area contributed by atoms with Crippen LogP contribution < -0.4 is 4.74 Å². The molecule has 3 aromatic rings. The van der Waals surface area contributed by atoms with Crippen molar-refractivity contribution in [2.45, 2.75) is 49.5 Å². The predicted octanol–water partition coefficient (Wildman–Crippen LogP) is 6.12. The van der Waals surface area contributed by atoms with Gasteiger partial charge in [0.05, 0.1) is 12.4 Å². The lowest BCUT2D eigenvalue weighted by Gasteiger charge is -2.20. The minimum absolute atomic E-state index is 0.160. The van der Waals surface area contributed by atoms with Gasteiger partial charge >= 0.3 is 0 Å². The number of hydrogen-bond donors (Lipinski definition) is 0. The molecule has 1 aromatic heterocycles. The van der Waals surface area contributed by atoms with E-state index in [-0.39, 0.29) is 6.10 Å². The van der Waals surface area contributed by atoms with E-state index in [0.29, 0.717) is 5.25 Å². The third kappa shape index (κ3) is 6.33. The first-order valence-corrected chi connectivity index (χ1v) is 10.5. The van der Waals surface area contributed by atoms with Gasteiger partial charge < -0.3 is 9.30 Å². The fourth-order valence-corrected chi connectivity index (χ4v) is 4.23. The first-order chi connectivity index (χ1) is 13.1. The van der Waals surface area contributed by atoms with Crippen LogP contribution in [0.15, 0.2) is 72.1 Å². The quantitative estimate of drug-likeness (QED) is 0.405. The van der Waals surface area contributed by atoms with Crippen molar-refractivity contribution in [3.8, 4) is 5.75 Å². The van der Waals surface area contributed by atoms with Gasteiger partial charge in [-0.2, -0.15) is 0 Å². The SMILES string of the molecule is CC(C)Oc1ccccc1SC(CCc1ccc(Cl)cc1)Cn1ccnc1. The molecule has 0 aliphatic carbocycles. The highest BCUT2D eigenvalue weighted by Gasteiger charge is 2.15. The van der Waals surface area contributed by atoms with Gasteiger partial charge in [0.2, 0.25) is 0 Å². The normalized spacial score (nSPS) is 12.3. The molecule has 1 heterocycles. The highest BCUT2D eigenvalue weighted by molar-refractivity contribution is 8.00. The molecule has 142 valence electrons. The fourth-order valence-electron chi connectivity index (χ4n) is 2.87. The molecule has 3 nitrogen and oxygen atoms in total. The molecule has 0 saturated carbocycles. The molecule has 2 aromatic carbocycles. The summed E-state index contributed by atoms with van der Waals surface area (Å²) in [6.07, 6.45) is 7.96. The molecule has 0 saturated heterocycles. The number of thioether (sulfide) groups is 1. The van der Waals surface area contributed by atoms with Crippen molar-refractivity contribution in [1.82, 2.24) is 9.55 Å². The van der Waals surface area contributed by atoms with E-state index in [2.05, 4.69) is 53.7 Å². The summed E-state index contributed by atoms with van der Waals surface area (Å²) < 4.78 is 8.15. The van der Waals surface area contributed by atoms with Crippen LogP contribution in [0.1, 0.15) is 25.8 Å². The third-order valence-electron chi connectivity index (χ3n) is 4.15. The van der Waals surface area contributed by atoms with Gasteiger partial charge in [-0.25, -0.2) is 4.98 Å². The van der Waals surface area contributed by atoms with Crippen molar-refractivity contribution in [1.29, 1.82) is 0 Å². The Balaban J connectivity index is 1.72. The highest BCUT2D eigenvalue weighted by Crippen LogP contribution is 2.35. The van der Waals surface area contributed by atoms with E-state index in [1.165, 1.54) is 10.5 Å². The minimum atomic E-state index is 0.160. The third-order valence-corrected chi connectivity index (χ3v) is 5.71. The number of ether oxygens (including phenoxy) is 1. The van der Waals surface area contributed by atoms with Gasteiger partial charge in [-0.15, -0.1) is 11.8 Å². The maximum absolute atomic E-state index is 6.01. The molecule has 0 amide bonds. The lowest BCUT2D eigenvalue weighted by molar-refractivity contribution is 0.236. The zero-order valence-electron chi connectivity index (χ0n) is 15.7. The molecule has 0 aliphatic heterocycles. The molecule has 0 bridgehead atoms. The van der Waals surface area contributed by atoms with Crippen molar-refractivity contribution in [3.05, 3.63) is 77.8 Å². The predicted molar refractivity (Wildman–Crippen MR) is 114 cm³/mol. The summed E-state index contributed by atoms with van der Waals surface area (Å²) >= 11 is 7.89. The van der Waals surface area contributed by atoms with Crippen LogP contribution in [-0.4, -0.2) is 20.9 Å². The van der Waals surface area contributed by atoms with E-state index < -0.39 is 0 Å². The molecule has 27 heavy (non-hydrogen) atoms. The van der Waals surface area contributed by atoms with Gasteiger partial charge in [-0.1, -0.05) is 35.9 Å². The van der Waals surface area contributed by atoms with Crippen molar-refractivity contribution in [2.75, 3.05) is 0 Å². The molecule has 0 spiro atoms. The van der Waals surface area contributed by atoms with Crippen molar-refractivity contribution in [2.24, 2.45) is 0 Å². The fraction of sp³-hybridized carbons (Fsp3) is 0.318. The van der Waals surface area contributed by atoms with Crippen molar-refractivity contribution >= 4 is 23.4 Å². The second-order valence-corrected chi connectivity index (χ2v) is 8.56. The lowest BCUT2D eigenvalue weighted by atomic mass is 10.1. The van der Waals surface area contributed by atoms with Crippen LogP contribution in [0.4, 0.5) is 0 Å². The topological polar surface area (TPSA) is 27.1 Å². The van der Waals surface area contributed by atoms with Crippen LogP contribution in [0.2, 0.25) is 5.02 Å². The summed E-state index contributed by atoms with van der Waals surface area (Å²) in [6.45, 7) is 5.03. The molecule has 0 aliphatic rings. The number of aryl methyl sites for hydroxylation is 1. The molecule has 5 heteroatoms. The largest absolute Gasteiger partial charge is 0.490 e. The van der Waals surface area contributed by atoms with Gasteiger partial charge in [-0.05, 0) is 56.5 Å². The van der Waals surface area contributed by atoms with E-state index in [9.17, 15) is 0 Å². The number of imidazole rings is 1. The average Bonchev–Trinajstić information content (AvgIpc) is 3.15. The Morgan fingerprint density at radius 3 is 2.59 bits per heavy atom. The Bertz CT molecular complexity index is 819. The maximum Gasteiger partial charge on any atom is 0.133 e. The smallest absolute Gasteiger partial charge is 0.133 e. The van der Waals surface area contributed by atoms with E-state index in [1.807, 2.05) is 48.7 Å². The molecule has 1 unspecified atom stereocenters. The van der Waals surface area contributed by atoms with Crippen LogP contribution in [0.3, 0.4) is 0 Å². The number of aromatic nitrogens is 2. The lowest BCUT2D eigenvalue weighted by Crippen LogP contribution is -2.14. The maximum atomic E-state index is 6.01. The van der Waals surface area contributed by atoms with E-state index in [1.54, 1.807) is 0 Å². The Morgan fingerprint density at radius 2 is 1.89 bits per heavy atom. The number of benzene rings is 2. The van der Waals surface area contributed by atoms with Gasteiger partial charge in [0.25, 0.3) is 0 Å². The minimum Gasteiger partial charge on any atom is -0.490 e. The second-order valence-electron chi connectivity index (χ2n) is 6.78. The molecule has 1 atom stereocenters. The molecule has 0 N–H and O–H groups in total. The van der Waals surface area contributed by atoms with Crippen molar-refractivity contribution < 1.29 is 4.74 Å². The summed E-state index contributed by atoms with van der Waals surface area (Å²) in [5, 5.41) is 1.19. The zero-order chi connectivity index (χ0) is 19.1. The summed E-state index contributed by atoms with van der Waals surface area (Å²) in [7, 11) is 0. The summed E-state index contributed by atoms with van der Waals surface area (Å²) in [6, 6.07) is 16.4. The van der Waals surface area contributed by atoms with Gasteiger partial charge in [0, 0.05) is 34.1 Å². The van der Waals surface area contributed by atoms with Gasteiger partial charge in [-0.3, -0.25) is 0 Å². The van der Waals surface area contributed by atoms with Crippen LogP contribution in [0.5, 0.6) is 5.75 Å². The monoisotopic (exact) mass is 400 g/mol. The molecular weight excluding hydrogens is 376 g/mol. The van der Waals surface area contributed by atoms with Crippen LogP contribution >= 0.6 is 23.4 Å². The molecule has 3 rings (SSSR count). The van der Waals surface area contributed by atoms with Gasteiger partial charge in [0.1, 0.15) is 5.75 Å². The number of hydrogen-bond acceptors (Lipinski definition) is 3. The Hall–Kier alpha value is -1.91. The second kappa shape index (κ2) is 9.86. The summed E-state index contributed by atoms with van der Waals surface area (Å²) in [5.41, 5.74) is 1.31.